The third kappa shape index (κ3) is 8.63. The largest absolute Gasteiger partial charge is 0.475 e. The fourth-order valence-corrected chi connectivity index (χ4v) is 4.06. The van der Waals surface area contributed by atoms with Gasteiger partial charge in [0, 0.05) is 44.5 Å². The minimum atomic E-state index is -0.456. The van der Waals surface area contributed by atoms with Gasteiger partial charge in [0.05, 0.1) is 25.4 Å². The molecule has 1 aliphatic heterocycles. The Morgan fingerprint density at radius 2 is 2.06 bits per heavy atom. The smallest absolute Gasteiger partial charge is 0.407 e. The molecule has 2 heterocycles. The number of nitrogens with one attached hydrogen (secondary N) is 2. The zero-order valence-electron chi connectivity index (χ0n) is 21.4. The Morgan fingerprint density at radius 3 is 2.71 bits per heavy atom. The first kappa shape index (κ1) is 27.2. The Bertz CT molecular complexity index is 826. The summed E-state index contributed by atoms with van der Waals surface area (Å²) in [6.45, 7) is 8.84. The van der Waals surface area contributed by atoms with Crippen molar-refractivity contribution < 1.29 is 28.5 Å². The lowest BCUT2D eigenvalue weighted by Crippen LogP contribution is -2.50. The van der Waals surface area contributed by atoms with Crippen molar-refractivity contribution in [3.05, 3.63) is 23.4 Å². The van der Waals surface area contributed by atoms with Crippen LogP contribution in [0.3, 0.4) is 0 Å². The van der Waals surface area contributed by atoms with Crippen molar-refractivity contribution in [1.29, 1.82) is 0 Å². The first-order valence-electron chi connectivity index (χ1n) is 12.6. The van der Waals surface area contributed by atoms with Crippen LogP contribution in [0.25, 0.3) is 0 Å². The molecule has 2 N–H and O–H groups in total. The summed E-state index contributed by atoms with van der Waals surface area (Å²) in [5.74, 6) is 0.535. The SMILES string of the molecule is COCCOc1cc([C@H](C)N(C(=O)[C@H]2CNCCO2)C2CC2)cc(CCCNC(=O)OC(C)C)n1. The summed E-state index contributed by atoms with van der Waals surface area (Å²) in [6.07, 6.45) is 2.32. The Balaban J connectivity index is 1.71. The van der Waals surface area contributed by atoms with Gasteiger partial charge in [-0.3, -0.25) is 4.79 Å². The second-order valence-electron chi connectivity index (χ2n) is 9.27. The Morgan fingerprint density at radius 1 is 1.26 bits per heavy atom. The fourth-order valence-electron chi connectivity index (χ4n) is 4.06. The average Bonchev–Trinajstić information content (AvgIpc) is 3.67. The molecule has 10 heteroatoms. The highest BCUT2D eigenvalue weighted by molar-refractivity contribution is 5.82. The van der Waals surface area contributed by atoms with E-state index in [0.717, 1.165) is 30.6 Å². The zero-order chi connectivity index (χ0) is 25.2. The van der Waals surface area contributed by atoms with E-state index >= 15 is 0 Å². The molecule has 10 nitrogen and oxygen atoms in total. The van der Waals surface area contributed by atoms with Crippen LogP contribution in [0.2, 0.25) is 0 Å². The maximum Gasteiger partial charge on any atom is 0.407 e. The van der Waals surface area contributed by atoms with E-state index in [1.165, 1.54) is 0 Å². The van der Waals surface area contributed by atoms with Gasteiger partial charge in [-0.05, 0) is 58.1 Å². The van der Waals surface area contributed by atoms with Crippen LogP contribution >= 0.6 is 0 Å². The quantitative estimate of drug-likeness (QED) is 0.403. The molecule has 2 atom stereocenters. The highest BCUT2D eigenvalue weighted by Gasteiger charge is 2.40. The fraction of sp³-hybridized carbons (Fsp3) is 0.720. The van der Waals surface area contributed by atoms with Gasteiger partial charge in [0.15, 0.2) is 0 Å². The summed E-state index contributed by atoms with van der Waals surface area (Å²) >= 11 is 0. The number of rotatable bonds is 13. The second-order valence-corrected chi connectivity index (χ2v) is 9.27. The number of hydrogen-bond donors (Lipinski definition) is 2. The Kier molecular flexibility index (Phi) is 10.6. The number of nitrogens with zero attached hydrogens (tertiary/aromatic N) is 2. The van der Waals surface area contributed by atoms with E-state index in [9.17, 15) is 9.59 Å². The molecule has 0 aromatic carbocycles. The Hall–Kier alpha value is -2.43. The lowest BCUT2D eigenvalue weighted by molar-refractivity contribution is -0.148. The van der Waals surface area contributed by atoms with Crippen molar-refractivity contribution in [3.63, 3.8) is 0 Å². The van der Waals surface area contributed by atoms with Crippen molar-refractivity contribution in [2.45, 2.75) is 70.7 Å². The van der Waals surface area contributed by atoms with Crippen LogP contribution in [0.15, 0.2) is 12.1 Å². The number of aryl methyl sites for hydroxylation is 1. The van der Waals surface area contributed by atoms with Gasteiger partial charge >= 0.3 is 6.09 Å². The van der Waals surface area contributed by atoms with Gasteiger partial charge in [-0.1, -0.05) is 0 Å². The number of alkyl carbamates (subject to hydrolysis) is 1. The molecule has 3 rings (SSSR count). The van der Waals surface area contributed by atoms with E-state index in [0.29, 0.717) is 51.6 Å². The summed E-state index contributed by atoms with van der Waals surface area (Å²) in [7, 11) is 1.62. The number of ether oxygens (including phenoxy) is 4. The molecule has 1 saturated carbocycles. The monoisotopic (exact) mass is 492 g/mol. The van der Waals surface area contributed by atoms with Crippen molar-refractivity contribution >= 4 is 12.0 Å². The van der Waals surface area contributed by atoms with Crippen LogP contribution < -0.4 is 15.4 Å². The lowest BCUT2D eigenvalue weighted by atomic mass is 10.0. The van der Waals surface area contributed by atoms with E-state index in [1.807, 2.05) is 37.8 Å². The molecular weight excluding hydrogens is 452 g/mol. The summed E-state index contributed by atoms with van der Waals surface area (Å²) in [5, 5.41) is 6.01. The molecule has 0 unspecified atom stereocenters. The maximum atomic E-state index is 13.4. The normalized spacial score (nSPS) is 18.7. The molecule has 2 aliphatic rings. The molecule has 0 bridgehead atoms. The number of methoxy groups -OCH3 is 1. The minimum Gasteiger partial charge on any atom is -0.475 e. The number of carbonyl (C=O) groups is 2. The van der Waals surface area contributed by atoms with E-state index in [4.69, 9.17) is 18.9 Å². The molecule has 35 heavy (non-hydrogen) atoms. The maximum absolute atomic E-state index is 13.4. The van der Waals surface area contributed by atoms with Crippen LogP contribution in [0.4, 0.5) is 4.79 Å². The molecule has 1 aromatic rings. The average molecular weight is 493 g/mol. The van der Waals surface area contributed by atoms with E-state index in [-0.39, 0.29) is 24.1 Å². The van der Waals surface area contributed by atoms with Gasteiger partial charge < -0.3 is 34.5 Å². The van der Waals surface area contributed by atoms with E-state index < -0.39 is 12.2 Å². The van der Waals surface area contributed by atoms with Crippen LogP contribution in [0, 0.1) is 0 Å². The summed E-state index contributed by atoms with van der Waals surface area (Å²) in [4.78, 5) is 31.7. The van der Waals surface area contributed by atoms with E-state index in [2.05, 4.69) is 15.6 Å². The number of morpholine rings is 1. The van der Waals surface area contributed by atoms with Gasteiger partial charge in [-0.2, -0.15) is 0 Å². The summed E-state index contributed by atoms with van der Waals surface area (Å²) in [5.41, 5.74) is 1.82. The second kappa shape index (κ2) is 13.6. The molecular formula is C25H40N4O6. The van der Waals surface area contributed by atoms with Gasteiger partial charge in [-0.25, -0.2) is 9.78 Å². The molecule has 2 fully saturated rings. The number of hydrogen-bond acceptors (Lipinski definition) is 8. The highest BCUT2D eigenvalue weighted by Crippen LogP contribution is 2.36. The van der Waals surface area contributed by atoms with Crippen molar-refractivity contribution in [2.75, 3.05) is 46.6 Å². The number of aromatic nitrogens is 1. The molecule has 0 radical (unpaired) electrons. The van der Waals surface area contributed by atoms with Crippen LogP contribution in [-0.4, -0.2) is 86.7 Å². The topological polar surface area (TPSA) is 111 Å². The predicted molar refractivity (Wildman–Crippen MR) is 130 cm³/mol. The minimum absolute atomic E-state index is 0.0280. The van der Waals surface area contributed by atoms with Crippen molar-refractivity contribution in [1.82, 2.24) is 20.5 Å². The molecule has 1 saturated heterocycles. The summed E-state index contributed by atoms with van der Waals surface area (Å²) < 4.78 is 21.8. The summed E-state index contributed by atoms with van der Waals surface area (Å²) in [6, 6.07) is 4.02. The van der Waals surface area contributed by atoms with Gasteiger partial charge in [0.1, 0.15) is 12.7 Å². The number of pyridine rings is 1. The molecule has 2 amide bonds. The van der Waals surface area contributed by atoms with Crippen molar-refractivity contribution in [2.24, 2.45) is 0 Å². The Labute approximate surface area is 208 Å². The lowest BCUT2D eigenvalue weighted by Gasteiger charge is -2.34. The molecule has 196 valence electrons. The van der Waals surface area contributed by atoms with E-state index in [1.54, 1.807) is 7.11 Å². The first-order valence-corrected chi connectivity index (χ1v) is 12.6. The molecule has 1 aromatic heterocycles. The van der Waals surface area contributed by atoms with Crippen molar-refractivity contribution in [3.8, 4) is 5.88 Å². The van der Waals surface area contributed by atoms with Gasteiger partial charge in [-0.15, -0.1) is 0 Å². The van der Waals surface area contributed by atoms with Gasteiger partial charge in [0.25, 0.3) is 5.91 Å². The highest BCUT2D eigenvalue weighted by atomic mass is 16.6. The third-order valence-corrected chi connectivity index (χ3v) is 5.93. The zero-order valence-corrected chi connectivity index (χ0v) is 21.4. The first-order chi connectivity index (χ1) is 16.9. The number of carbonyl (C=O) groups excluding carboxylic acids is 2. The molecule has 0 spiro atoms. The van der Waals surface area contributed by atoms with Gasteiger partial charge in [0.2, 0.25) is 5.88 Å². The predicted octanol–water partition coefficient (Wildman–Crippen LogP) is 2.21. The standard InChI is InChI=1S/C25H40N4O6/c1-17(2)35-25(31)27-9-5-6-20-14-19(15-23(28-20)34-13-12-32-4)18(3)29(21-7-8-21)24(30)22-16-26-10-11-33-22/h14-15,17-18,21-22,26H,5-13,16H2,1-4H3,(H,27,31)/t18-,22+/m0/s1. The molecule has 1 aliphatic carbocycles. The third-order valence-electron chi connectivity index (χ3n) is 5.93. The van der Waals surface area contributed by atoms with Crippen LogP contribution in [0.1, 0.15) is 57.3 Å². The van der Waals surface area contributed by atoms with Crippen LogP contribution in [0.5, 0.6) is 5.88 Å². The number of amides is 2. The van der Waals surface area contributed by atoms with Crippen LogP contribution in [-0.2, 0) is 25.4 Å².